The van der Waals surface area contributed by atoms with E-state index < -0.39 is 17.1 Å². The van der Waals surface area contributed by atoms with Crippen LogP contribution in [0.25, 0.3) is 0 Å². The normalized spacial score (nSPS) is 15.5. The first-order valence-corrected chi connectivity index (χ1v) is 17.0. The van der Waals surface area contributed by atoms with Gasteiger partial charge in [0.15, 0.2) is 0 Å². The highest BCUT2D eigenvalue weighted by Crippen LogP contribution is 2.36. The lowest BCUT2D eigenvalue weighted by atomic mass is 9.72. The fourth-order valence-corrected chi connectivity index (χ4v) is 5.63. The van der Waals surface area contributed by atoms with E-state index in [1.54, 1.807) is 0 Å². The van der Waals surface area contributed by atoms with E-state index >= 15 is 0 Å². The molecule has 3 atom stereocenters. The standard InChI is InChI=1S/C32H62N4O3.C5H12/c1-22(2)24(16-30(6,7)8)20-35-26(37)34(19-23(18-33)15-29(3,4)5)27(38)36(28(35)39)21-25(32(12,13)14)17-31(9,10)11;1-5(2,3)4/h22-25H,15-21,33H2,1-14H3;1-4H3. The first kappa shape index (κ1) is 42.4. The van der Waals surface area contributed by atoms with E-state index in [0.717, 1.165) is 19.3 Å². The molecule has 1 aromatic heterocycles. The van der Waals surface area contributed by atoms with Crippen LogP contribution in [0.2, 0.25) is 0 Å². The van der Waals surface area contributed by atoms with Crippen molar-refractivity contribution < 1.29 is 0 Å². The Hall–Kier alpha value is -1.63. The Morgan fingerprint density at radius 1 is 0.545 bits per heavy atom. The summed E-state index contributed by atoms with van der Waals surface area (Å²) in [5.74, 6) is 0.448. The Bertz CT molecular complexity index is 1180. The highest BCUT2D eigenvalue weighted by atomic mass is 16.2. The Labute approximate surface area is 271 Å². The molecule has 0 aliphatic carbocycles. The van der Waals surface area contributed by atoms with E-state index in [9.17, 15) is 14.4 Å². The summed E-state index contributed by atoms with van der Waals surface area (Å²) < 4.78 is 4.00. The molecule has 1 aromatic rings. The molecule has 3 unspecified atom stereocenters. The van der Waals surface area contributed by atoms with Gasteiger partial charge in [-0.2, -0.15) is 0 Å². The van der Waals surface area contributed by atoms with Gasteiger partial charge >= 0.3 is 17.1 Å². The van der Waals surface area contributed by atoms with Crippen LogP contribution in [0, 0.1) is 50.7 Å². The van der Waals surface area contributed by atoms with Gasteiger partial charge in [-0.1, -0.05) is 125 Å². The van der Waals surface area contributed by atoms with Crippen LogP contribution in [-0.4, -0.2) is 20.2 Å². The van der Waals surface area contributed by atoms with E-state index in [-0.39, 0.29) is 58.4 Å². The summed E-state index contributed by atoms with van der Waals surface area (Å²) in [7, 11) is 0. The van der Waals surface area contributed by atoms with Crippen LogP contribution < -0.4 is 22.8 Å². The molecule has 7 nitrogen and oxygen atoms in total. The minimum Gasteiger partial charge on any atom is -0.330 e. The van der Waals surface area contributed by atoms with Crippen LogP contribution in [0.1, 0.15) is 144 Å². The summed E-state index contributed by atoms with van der Waals surface area (Å²) >= 11 is 0. The summed E-state index contributed by atoms with van der Waals surface area (Å²) in [5.41, 5.74) is 5.10. The van der Waals surface area contributed by atoms with Crippen molar-refractivity contribution in [3.63, 3.8) is 0 Å². The average Bonchev–Trinajstić information content (AvgIpc) is 2.75. The number of nitrogens with zero attached hydrogens (tertiary/aromatic N) is 3. The molecule has 0 bridgehead atoms. The van der Waals surface area contributed by atoms with Crippen LogP contribution in [0.5, 0.6) is 0 Å². The Morgan fingerprint density at radius 2 is 0.886 bits per heavy atom. The van der Waals surface area contributed by atoms with Crippen molar-refractivity contribution in [2.75, 3.05) is 6.54 Å². The van der Waals surface area contributed by atoms with Gasteiger partial charge in [-0.05, 0) is 76.6 Å². The molecule has 1 heterocycles. The topological polar surface area (TPSA) is 92.0 Å². The Morgan fingerprint density at radius 3 is 1.18 bits per heavy atom. The third-order valence-electron chi connectivity index (χ3n) is 7.78. The molecule has 0 aromatic carbocycles. The van der Waals surface area contributed by atoms with Crippen molar-refractivity contribution in [1.82, 2.24) is 13.7 Å². The lowest BCUT2D eigenvalue weighted by Crippen LogP contribution is -2.57. The van der Waals surface area contributed by atoms with Crippen molar-refractivity contribution in [3.8, 4) is 0 Å². The summed E-state index contributed by atoms with van der Waals surface area (Å²) in [4.78, 5) is 41.8. The van der Waals surface area contributed by atoms with Crippen LogP contribution in [0.3, 0.4) is 0 Å². The second-order valence-electron chi connectivity index (χ2n) is 20.1. The van der Waals surface area contributed by atoms with Gasteiger partial charge in [0.2, 0.25) is 0 Å². The second kappa shape index (κ2) is 15.8. The van der Waals surface area contributed by atoms with Gasteiger partial charge in [0, 0.05) is 19.6 Å². The lowest BCUT2D eigenvalue weighted by molar-refractivity contribution is 0.138. The fourth-order valence-electron chi connectivity index (χ4n) is 5.63. The molecule has 0 saturated heterocycles. The van der Waals surface area contributed by atoms with E-state index in [1.807, 2.05) is 0 Å². The van der Waals surface area contributed by atoms with Gasteiger partial charge in [0.25, 0.3) is 0 Å². The van der Waals surface area contributed by atoms with Gasteiger partial charge < -0.3 is 5.73 Å². The predicted molar refractivity (Wildman–Crippen MR) is 190 cm³/mol. The van der Waals surface area contributed by atoms with Crippen LogP contribution in [0.4, 0.5) is 0 Å². The molecule has 0 radical (unpaired) electrons. The maximum absolute atomic E-state index is 14.0. The van der Waals surface area contributed by atoms with E-state index in [1.165, 1.54) is 13.7 Å². The van der Waals surface area contributed by atoms with E-state index in [0.29, 0.717) is 18.5 Å². The SMILES string of the molecule is CC(C)(C)C.CC(C)C(Cn1c(=O)n(CC(CN)CC(C)(C)C)c(=O)n(CC(CC(C)(C)C)C(C)(C)C)c1=O)CC(C)(C)C. The van der Waals surface area contributed by atoms with E-state index in [2.05, 4.69) is 125 Å². The zero-order chi connectivity index (χ0) is 35.2. The van der Waals surface area contributed by atoms with Crippen LogP contribution >= 0.6 is 0 Å². The molecule has 0 spiro atoms. The van der Waals surface area contributed by atoms with Gasteiger partial charge in [0.05, 0.1) is 0 Å². The molecular formula is C37H74N4O3. The molecule has 2 N–H and O–H groups in total. The molecule has 0 saturated carbocycles. The van der Waals surface area contributed by atoms with Crippen molar-refractivity contribution in [3.05, 3.63) is 31.5 Å². The minimum atomic E-state index is -0.506. The molecule has 0 amide bonds. The monoisotopic (exact) mass is 623 g/mol. The van der Waals surface area contributed by atoms with Crippen LogP contribution in [0.15, 0.2) is 14.4 Å². The van der Waals surface area contributed by atoms with Crippen LogP contribution in [-0.2, 0) is 19.6 Å². The van der Waals surface area contributed by atoms with E-state index in [4.69, 9.17) is 5.73 Å². The van der Waals surface area contributed by atoms with Gasteiger partial charge in [0.1, 0.15) is 0 Å². The van der Waals surface area contributed by atoms with Crippen molar-refractivity contribution >= 4 is 0 Å². The smallest absolute Gasteiger partial charge is 0.330 e. The lowest BCUT2D eigenvalue weighted by Gasteiger charge is -2.36. The predicted octanol–water partition coefficient (Wildman–Crippen LogP) is 8.04. The molecular weight excluding hydrogens is 548 g/mol. The highest BCUT2D eigenvalue weighted by molar-refractivity contribution is 4.87. The minimum absolute atomic E-state index is 0.000593. The number of hydrogen-bond acceptors (Lipinski definition) is 4. The Kier molecular flexibility index (Phi) is 15.2. The van der Waals surface area contributed by atoms with Crippen molar-refractivity contribution in [2.45, 2.75) is 164 Å². The third-order valence-corrected chi connectivity index (χ3v) is 7.78. The van der Waals surface area contributed by atoms with Gasteiger partial charge in [-0.25, -0.2) is 28.1 Å². The second-order valence-corrected chi connectivity index (χ2v) is 20.1. The summed E-state index contributed by atoms with van der Waals surface area (Å²) in [6, 6.07) is 0. The molecule has 0 aliphatic heterocycles. The maximum Gasteiger partial charge on any atom is 0.336 e. The van der Waals surface area contributed by atoms with Crippen molar-refractivity contribution in [2.24, 2.45) is 56.5 Å². The molecule has 0 fully saturated rings. The molecule has 7 heteroatoms. The first-order valence-electron chi connectivity index (χ1n) is 17.0. The first-order chi connectivity index (χ1) is 19.4. The summed E-state index contributed by atoms with van der Waals surface area (Å²) in [6.07, 6.45) is 2.51. The zero-order valence-electron chi connectivity index (χ0n) is 32.4. The molecule has 0 aliphatic rings. The Balaban J connectivity index is 0.00000340. The van der Waals surface area contributed by atoms with Crippen molar-refractivity contribution in [1.29, 1.82) is 0 Å². The zero-order valence-corrected chi connectivity index (χ0v) is 32.4. The highest BCUT2D eigenvalue weighted by Gasteiger charge is 2.32. The quantitative estimate of drug-likeness (QED) is 0.270. The largest absolute Gasteiger partial charge is 0.336 e. The van der Waals surface area contributed by atoms with Gasteiger partial charge in [-0.3, -0.25) is 0 Å². The third kappa shape index (κ3) is 16.6. The number of hydrogen-bond donors (Lipinski definition) is 1. The summed E-state index contributed by atoms with van der Waals surface area (Å²) in [6.45, 7) is 40.2. The number of nitrogens with two attached hydrogens (primary N) is 1. The maximum atomic E-state index is 14.0. The van der Waals surface area contributed by atoms with Gasteiger partial charge in [-0.15, -0.1) is 0 Å². The molecule has 44 heavy (non-hydrogen) atoms. The summed E-state index contributed by atoms with van der Waals surface area (Å²) in [5, 5.41) is 0. The number of aromatic nitrogens is 3. The molecule has 1 rings (SSSR count). The molecule has 260 valence electrons. The fraction of sp³-hybridized carbons (Fsp3) is 0.919. The average molecular weight is 623 g/mol. The number of rotatable bonds is 11.